The number of thiazole rings is 1. The molecule has 0 amide bonds. The summed E-state index contributed by atoms with van der Waals surface area (Å²) < 4.78 is 65.0. The number of carbonyl (C=O) groups is 2. The quantitative estimate of drug-likeness (QED) is 0.202. The maximum Gasteiger partial charge on any atom is 0.306 e. The van der Waals surface area contributed by atoms with Gasteiger partial charge in [-0.15, -0.1) is 11.3 Å². The highest BCUT2D eigenvalue weighted by molar-refractivity contribution is 7.12. The highest BCUT2D eigenvalue weighted by atomic mass is 32.1. The molecule has 4 heterocycles. The van der Waals surface area contributed by atoms with Crippen LogP contribution in [-0.2, 0) is 52.9 Å². The zero-order valence-corrected chi connectivity index (χ0v) is 40.6. The maximum atomic E-state index is 15.3. The van der Waals surface area contributed by atoms with Crippen molar-refractivity contribution in [3.05, 3.63) is 62.9 Å². The predicted molar refractivity (Wildman–Crippen MR) is 242 cm³/mol. The lowest BCUT2D eigenvalue weighted by molar-refractivity contribution is -0.314. The molecule has 3 saturated heterocycles. The van der Waals surface area contributed by atoms with E-state index < -0.39 is 36.6 Å². The smallest absolute Gasteiger partial charge is 0.306 e. The Morgan fingerprint density at radius 1 is 0.877 bits per heavy atom. The first kappa shape index (κ1) is 47.4. The molecule has 17 atom stereocenters. The number of hydrogen-bond donors (Lipinski definition) is 0. The molecule has 12 nitrogen and oxygen atoms in total. The number of cyclic esters (lactones) is 1. The van der Waals surface area contributed by atoms with Crippen LogP contribution in [-0.4, -0.2) is 125 Å². The van der Waals surface area contributed by atoms with Crippen molar-refractivity contribution in [2.24, 2.45) is 23.7 Å². The van der Waals surface area contributed by atoms with Crippen molar-refractivity contribution in [1.82, 2.24) is 9.88 Å². The number of fused-ring (bicyclic) bond motifs is 8. The van der Waals surface area contributed by atoms with E-state index in [1.54, 1.807) is 32.7 Å². The molecule has 7 aliphatic rings. The van der Waals surface area contributed by atoms with Crippen molar-refractivity contribution in [3.8, 4) is 0 Å². The van der Waals surface area contributed by atoms with Crippen molar-refractivity contribution in [3.63, 3.8) is 0 Å². The van der Waals surface area contributed by atoms with Gasteiger partial charge in [0.15, 0.2) is 18.4 Å². The fourth-order valence-corrected chi connectivity index (χ4v) is 14.4. The highest BCUT2D eigenvalue weighted by Gasteiger charge is 2.59. The number of ketones is 1. The van der Waals surface area contributed by atoms with Gasteiger partial charge in [-0.25, -0.2) is 9.37 Å². The van der Waals surface area contributed by atoms with E-state index in [2.05, 4.69) is 38.9 Å². The molecular weight excluding hydrogens is 852 g/mol. The summed E-state index contributed by atoms with van der Waals surface area (Å²) in [6, 6.07) is 7.17. The fraction of sp³-hybridized carbons (Fsp3) is 0.745. The minimum absolute atomic E-state index is 0.00531. The van der Waals surface area contributed by atoms with E-state index in [-0.39, 0.29) is 89.7 Å². The van der Waals surface area contributed by atoms with Gasteiger partial charge in [0.05, 0.1) is 36.5 Å². The van der Waals surface area contributed by atoms with E-state index in [0.29, 0.717) is 30.9 Å². The molecule has 9 rings (SSSR count). The number of ether oxygens (including phenoxy) is 8. The van der Waals surface area contributed by atoms with Crippen LogP contribution in [0.4, 0.5) is 4.39 Å². The largest absolute Gasteiger partial charge is 0.462 e. The first-order valence-corrected chi connectivity index (χ1v) is 25.2. The van der Waals surface area contributed by atoms with Gasteiger partial charge in [-0.05, 0) is 127 Å². The minimum atomic E-state index is -0.681. The molecule has 1 aromatic heterocycles. The second kappa shape index (κ2) is 19.4. The van der Waals surface area contributed by atoms with Gasteiger partial charge < -0.3 is 42.8 Å². The molecule has 1 aromatic carbocycles. The SMILES string of the molecule is CC[C@H]1CCC[C@H](O[C@H]2CC[C@H](N(C)C)C(C)O2)[C@@H](C)C(=O)C2=C[C@H]3[C@@H]4C[C@H](O[C@@H]5OC(C)[C@H](OC)C(OC)[C@@H]5OC)C[C@H]4c4sc(C5(c6ccc(F)cc6)CC5)nc4[C@H]3[C@@H]2CC(=O)O1. The Morgan fingerprint density at radius 3 is 2.28 bits per heavy atom. The number of Topliss-reactive ketones (excluding diaryl/α,β-unsaturated/α-hetero) is 1. The second-order valence-electron chi connectivity index (χ2n) is 20.4. The number of carbonyl (C=O) groups excluding carboxylic acids is 2. The lowest BCUT2D eigenvalue weighted by atomic mass is 9.67. The first-order chi connectivity index (χ1) is 31.3. The van der Waals surface area contributed by atoms with E-state index in [4.69, 9.17) is 42.9 Å². The van der Waals surface area contributed by atoms with Gasteiger partial charge in [0.25, 0.3) is 0 Å². The molecular formula is C51H71FN2O10S. The number of rotatable bonds is 11. The Morgan fingerprint density at radius 2 is 1.62 bits per heavy atom. The number of hydrogen-bond acceptors (Lipinski definition) is 13. The number of aromatic nitrogens is 1. The van der Waals surface area contributed by atoms with Crippen LogP contribution in [0.15, 0.2) is 35.9 Å². The molecule has 0 N–H and O–H groups in total. The lowest BCUT2D eigenvalue weighted by Crippen LogP contribution is -2.59. The molecule has 65 heavy (non-hydrogen) atoms. The van der Waals surface area contributed by atoms with Crippen LogP contribution < -0.4 is 0 Å². The number of esters is 1. The number of benzene rings is 1. The number of nitrogens with zero attached hydrogens (tertiary/aromatic N) is 2. The van der Waals surface area contributed by atoms with E-state index in [1.165, 1.54) is 17.0 Å². The molecule has 358 valence electrons. The summed E-state index contributed by atoms with van der Waals surface area (Å²) >= 11 is 1.77. The van der Waals surface area contributed by atoms with Crippen molar-refractivity contribution in [1.29, 1.82) is 0 Å². The maximum absolute atomic E-state index is 15.3. The molecule has 3 unspecified atom stereocenters. The Balaban J connectivity index is 1.07. The zero-order chi connectivity index (χ0) is 45.9. The summed E-state index contributed by atoms with van der Waals surface area (Å²) in [6.07, 6.45) is 6.79. The summed E-state index contributed by atoms with van der Waals surface area (Å²) in [4.78, 5) is 38.5. The number of likely N-dealkylation sites (N-methyl/N-ethyl adjacent to an activating group) is 1. The van der Waals surface area contributed by atoms with Gasteiger partial charge in [0.1, 0.15) is 35.2 Å². The minimum Gasteiger partial charge on any atom is -0.462 e. The third-order valence-corrected chi connectivity index (χ3v) is 17.9. The van der Waals surface area contributed by atoms with Crippen LogP contribution >= 0.6 is 11.3 Å². The summed E-state index contributed by atoms with van der Waals surface area (Å²) in [5, 5.41) is 1.02. The lowest BCUT2D eigenvalue weighted by Gasteiger charge is -2.44. The van der Waals surface area contributed by atoms with Crippen LogP contribution in [0.1, 0.15) is 131 Å². The highest BCUT2D eigenvalue weighted by Crippen LogP contribution is 2.65. The van der Waals surface area contributed by atoms with Crippen molar-refractivity contribution < 1.29 is 51.9 Å². The molecule has 2 aromatic rings. The normalized spacial score (nSPS) is 40.5. The topological polar surface area (TPSA) is 124 Å². The van der Waals surface area contributed by atoms with Crippen LogP contribution in [0.5, 0.6) is 0 Å². The van der Waals surface area contributed by atoms with Crippen LogP contribution in [0.2, 0.25) is 0 Å². The van der Waals surface area contributed by atoms with Gasteiger partial charge >= 0.3 is 5.97 Å². The fourth-order valence-electron chi connectivity index (χ4n) is 12.8. The van der Waals surface area contributed by atoms with Gasteiger partial charge in [-0.2, -0.15) is 0 Å². The predicted octanol–water partition coefficient (Wildman–Crippen LogP) is 8.24. The van der Waals surface area contributed by atoms with Crippen LogP contribution in [0.3, 0.4) is 0 Å². The Hall–Kier alpha value is -2.66. The van der Waals surface area contributed by atoms with Gasteiger partial charge in [-0.3, -0.25) is 9.59 Å². The van der Waals surface area contributed by atoms with E-state index in [9.17, 15) is 9.18 Å². The number of methoxy groups -OCH3 is 3. The molecule has 2 saturated carbocycles. The summed E-state index contributed by atoms with van der Waals surface area (Å²) in [7, 11) is 9.13. The summed E-state index contributed by atoms with van der Waals surface area (Å²) in [5.74, 6) is -1.43. The average Bonchev–Trinajstić information content (AvgIpc) is 3.58. The molecule has 3 aliphatic heterocycles. The summed E-state index contributed by atoms with van der Waals surface area (Å²) in [6.45, 7) is 8.15. The summed E-state index contributed by atoms with van der Waals surface area (Å²) in [5.41, 5.74) is 2.45. The van der Waals surface area contributed by atoms with Gasteiger partial charge in [-0.1, -0.05) is 32.1 Å². The second-order valence-corrected chi connectivity index (χ2v) is 21.4. The monoisotopic (exact) mass is 922 g/mol. The molecule has 0 spiro atoms. The van der Waals surface area contributed by atoms with Crippen molar-refractivity contribution >= 4 is 23.1 Å². The number of allylic oxidation sites excluding steroid dienone is 2. The van der Waals surface area contributed by atoms with E-state index in [1.807, 2.05) is 26.0 Å². The third-order valence-electron chi connectivity index (χ3n) is 16.4. The zero-order valence-electron chi connectivity index (χ0n) is 39.7. The van der Waals surface area contributed by atoms with Crippen molar-refractivity contribution in [2.45, 2.75) is 183 Å². The Bertz CT molecular complexity index is 2040. The van der Waals surface area contributed by atoms with Crippen LogP contribution in [0, 0.1) is 29.5 Å². The molecule has 0 bridgehead atoms. The molecule has 14 heteroatoms. The van der Waals surface area contributed by atoms with Gasteiger partial charge in [0, 0.05) is 61.3 Å². The van der Waals surface area contributed by atoms with Crippen molar-refractivity contribution in [2.75, 3.05) is 35.4 Å². The first-order valence-electron chi connectivity index (χ1n) is 24.4. The molecule has 0 radical (unpaired) electrons. The molecule has 4 aliphatic carbocycles. The van der Waals surface area contributed by atoms with E-state index >= 15 is 4.79 Å². The Kier molecular flexibility index (Phi) is 14.1. The molecule has 5 fully saturated rings. The van der Waals surface area contributed by atoms with Gasteiger partial charge in [0.2, 0.25) is 0 Å². The third kappa shape index (κ3) is 8.95. The van der Waals surface area contributed by atoms with E-state index in [0.717, 1.165) is 61.2 Å². The van der Waals surface area contributed by atoms with Crippen LogP contribution in [0.25, 0.3) is 0 Å². The average molecular weight is 923 g/mol. The standard InChI is InChI=1S/C51H71FN2O10S/c1-10-31-12-11-13-39(64-41-19-18-38(54(5)6)27(3)60-41)26(2)44(56)36-24-34-33-22-32(63-49-47(59-9)46(58-8)45(57-7)28(4)61-49)23-37(33)48-43(42(34)35(36)25-40(55)62-31)53-50(65-48)51(20-21-51)29-14-16-30(52)17-15-29/h14-17,24,26-28,31-35,37-39,41-42,45-47,49H,10-13,18-23,25H2,1-9H3/t26-,27?,28?,31+,32+,33+,34+,35-,37-,38+,39+,41+,42-,45+,46?,47+,49+/m1/s1. The number of halogens is 1. The Labute approximate surface area is 388 Å².